The summed E-state index contributed by atoms with van der Waals surface area (Å²) in [5.41, 5.74) is 0.785. The van der Waals surface area contributed by atoms with Crippen LogP contribution in [0.5, 0.6) is 0 Å². The molecule has 0 aliphatic carbocycles. The Kier molecular flexibility index (Phi) is 4.56. The van der Waals surface area contributed by atoms with Crippen LogP contribution in [-0.4, -0.2) is 24.9 Å². The third-order valence-corrected chi connectivity index (χ3v) is 4.78. The molecule has 0 amide bonds. The Hall–Kier alpha value is -1.67. The highest BCUT2D eigenvalue weighted by Gasteiger charge is 2.16. The van der Waals surface area contributed by atoms with Crippen molar-refractivity contribution < 1.29 is 8.42 Å². The van der Waals surface area contributed by atoms with Gasteiger partial charge >= 0.3 is 0 Å². The molecule has 0 aromatic carbocycles. The summed E-state index contributed by atoms with van der Waals surface area (Å²) in [7, 11) is -3.63. The number of aromatic nitrogens is 2. The minimum atomic E-state index is -3.63. The fraction of sp³-hybridized carbons (Fsp3) is 0.333. The quantitative estimate of drug-likeness (QED) is 0.856. The Balaban J connectivity index is 2.20. The van der Waals surface area contributed by atoms with Crippen LogP contribution in [0.3, 0.4) is 0 Å². The molecule has 0 spiro atoms. The fourth-order valence-corrected chi connectivity index (χ4v) is 3.46. The molecular formula is C12H16N4O2S2. The van der Waals surface area contributed by atoms with E-state index in [1.807, 2.05) is 13.8 Å². The largest absolute Gasteiger partial charge is 0.370 e. The first-order chi connectivity index (χ1) is 9.51. The van der Waals surface area contributed by atoms with Gasteiger partial charge in [-0.3, -0.25) is 4.72 Å². The lowest BCUT2D eigenvalue weighted by Crippen LogP contribution is -2.13. The first-order valence-corrected chi connectivity index (χ1v) is 8.52. The number of anilines is 2. The maximum Gasteiger partial charge on any atom is 0.263 e. The highest BCUT2D eigenvalue weighted by atomic mass is 32.2. The van der Waals surface area contributed by atoms with Crippen molar-refractivity contribution >= 4 is 32.3 Å². The van der Waals surface area contributed by atoms with Crippen molar-refractivity contribution in [1.29, 1.82) is 0 Å². The van der Waals surface area contributed by atoms with Crippen LogP contribution < -0.4 is 10.0 Å². The van der Waals surface area contributed by atoms with E-state index in [9.17, 15) is 8.42 Å². The summed E-state index contributed by atoms with van der Waals surface area (Å²) < 4.78 is 26.9. The van der Waals surface area contributed by atoms with Gasteiger partial charge in [0.05, 0.1) is 10.6 Å². The van der Waals surface area contributed by atoms with Crippen LogP contribution in [0.25, 0.3) is 0 Å². The minimum Gasteiger partial charge on any atom is -0.370 e. The van der Waals surface area contributed by atoms with E-state index < -0.39 is 10.0 Å². The number of nitrogens with zero attached hydrogens (tertiary/aromatic N) is 2. The van der Waals surface area contributed by atoms with Crippen LogP contribution in [0.15, 0.2) is 28.6 Å². The standard InChI is InChI=1S/C12H16N4O2S2/c1-3-5-13-11-7-10(4-6-14-11)20(17,18)16-12-15-9(2)8-19-12/h4,6-8H,3,5H2,1-2H3,(H,13,14)(H,15,16). The molecule has 0 aliphatic heterocycles. The van der Waals surface area contributed by atoms with Crippen molar-refractivity contribution in [2.45, 2.75) is 25.2 Å². The van der Waals surface area contributed by atoms with Gasteiger partial charge < -0.3 is 5.32 Å². The maximum absolute atomic E-state index is 12.2. The van der Waals surface area contributed by atoms with E-state index in [1.54, 1.807) is 5.38 Å². The zero-order valence-electron chi connectivity index (χ0n) is 11.3. The number of aryl methyl sites for hydroxylation is 1. The average Bonchev–Trinajstić information content (AvgIpc) is 2.81. The fourth-order valence-electron chi connectivity index (χ4n) is 1.50. The number of pyridine rings is 1. The van der Waals surface area contributed by atoms with Crippen molar-refractivity contribution in [3.05, 3.63) is 29.4 Å². The van der Waals surface area contributed by atoms with E-state index in [0.717, 1.165) is 18.7 Å². The molecule has 0 saturated carbocycles. The van der Waals surface area contributed by atoms with E-state index in [-0.39, 0.29) is 4.90 Å². The van der Waals surface area contributed by atoms with Crippen molar-refractivity contribution in [3.63, 3.8) is 0 Å². The summed E-state index contributed by atoms with van der Waals surface area (Å²) in [6, 6.07) is 2.97. The van der Waals surface area contributed by atoms with E-state index in [4.69, 9.17) is 0 Å². The van der Waals surface area contributed by atoms with Crippen LogP contribution in [0.4, 0.5) is 10.9 Å². The van der Waals surface area contributed by atoms with Gasteiger partial charge in [0.25, 0.3) is 10.0 Å². The molecular weight excluding hydrogens is 296 g/mol. The molecule has 0 unspecified atom stereocenters. The molecule has 2 heterocycles. The molecule has 0 saturated heterocycles. The molecule has 8 heteroatoms. The first-order valence-electron chi connectivity index (χ1n) is 6.16. The summed E-state index contributed by atoms with van der Waals surface area (Å²) in [5.74, 6) is 0.546. The molecule has 108 valence electrons. The Morgan fingerprint density at radius 1 is 1.40 bits per heavy atom. The molecule has 2 rings (SSSR count). The Morgan fingerprint density at radius 2 is 2.20 bits per heavy atom. The second kappa shape index (κ2) is 6.19. The van der Waals surface area contributed by atoms with Gasteiger partial charge in [0.2, 0.25) is 0 Å². The van der Waals surface area contributed by atoms with Gasteiger partial charge in [-0.15, -0.1) is 11.3 Å². The Morgan fingerprint density at radius 3 is 2.85 bits per heavy atom. The van der Waals surface area contributed by atoms with Crippen molar-refractivity contribution in [2.24, 2.45) is 0 Å². The van der Waals surface area contributed by atoms with E-state index >= 15 is 0 Å². The third kappa shape index (κ3) is 3.67. The van der Waals surface area contributed by atoms with Gasteiger partial charge in [-0.25, -0.2) is 18.4 Å². The van der Waals surface area contributed by atoms with Crippen LogP contribution >= 0.6 is 11.3 Å². The van der Waals surface area contributed by atoms with Gasteiger partial charge in [0.1, 0.15) is 5.82 Å². The summed E-state index contributed by atoms with van der Waals surface area (Å²) in [5, 5.41) is 5.21. The predicted molar refractivity (Wildman–Crippen MR) is 80.7 cm³/mol. The summed E-state index contributed by atoms with van der Waals surface area (Å²) >= 11 is 1.26. The molecule has 2 N–H and O–H groups in total. The second-order valence-electron chi connectivity index (χ2n) is 4.20. The highest BCUT2D eigenvalue weighted by molar-refractivity contribution is 7.93. The number of hydrogen-bond donors (Lipinski definition) is 2. The molecule has 0 atom stereocenters. The Bertz CT molecular complexity index is 682. The number of nitrogens with one attached hydrogen (secondary N) is 2. The normalized spacial score (nSPS) is 11.3. The maximum atomic E-state index is 12.2. The lowest BCUT2D eigenvalue weighted by Gasteiger charge is -2.07. The summed E-state index contributed by atoms with van der Waals surface area (Å²) in [6.07, 6.45) is 2.41. The van der Waals surface area contributed by atoms with Gasteiger partial charge in [0.15, 0.2) is 5.13 Å². The predicted octanol–water partition coefficient (Wildman–Crippen LogP) is 2.47. The van der Waals surface area contributed by atoms with Crippen molar-refractivity contribution in [2.75, 3.05) is 16.6 Å². The molecule has 0 radical (unpaired) electrons. The average molecular weight is 312 g/mol. The highest BCUT2D eigenvalue weighted by Crippen LogP contribution is 2.20. The monoisotopic (exact) mass is 312 g/mol. The van der Waals surface area contributed by atoms with E-state index in [0.29, 0.717) is 10.9 Å². The van der Waals surface area contributed by atoms with Crippen LogP contribution in [0.1, 0.15) is 19.0 Å². The minimum absolute atomic E-state index is 0.166. The SMILES string of the molecule is CCCNc1cc(S(=O)(=O)Nc2nc(C)cs2)ccn1. The lowest BCUT2D eigenvalue weighted by molar-refractivity contribution is 0.601. The molecule has 0 aliphatic rings. The molecule has 6 nitrogen and oxygen atoms in total. The van der Waals surface area contributed by atoms with Crippen molar-refractivity contribution in [3.8, 4) is 0 Å². The molecule has 2 aromatic heterocycles. The van der Waals surface area contributed by atoms with Crippen molar-refractivity contribution in [1.82, 2.24) is 9.97 Å². The summed E-state index contributed by atoms with van der Waals surface area (Å²) in [6.45, 7) is 4.59. The van der Waals surface area contributed by atoms with Crippen LogP contribution in [0, 0.1) is 6.92 Å². The molecule has 20 heavy (non-hydrogen) atoms. The Labute approximate surface area is 122 Å². The van der Waals surface area contributed by atoms with Crippen LogP contribution in [0.2, 0.25) is 0 Å². The number of rotatable bonds is 6. The zero-order valence-corrected chi connectivity index (χ0v) is 12.9. The van der Waals surface area contributed by atoms with E-state index in [2.05, 4.69) is 20.0 Å². The first kappa shape index (κ1) is 14.7. The molecule has 0 bridgehead atoms. The smallest absolute Gasteiger partial charge is 0.263 e. The lowest BCUT2D eigenvalue weighted by atomic mass is 10.4. The second-order valence-corrected chi connectivity index (χ2v) is 6.74. The van der Waals surface area contributed by atoms with Crippen LogP contribution in [-0.2, 0) is 10.0 Å². The van der Waals surface area contributed by atoms with Gasteiger partial charge in [-0.05, 0) is 19.4 Å². The number of hydrogen-bond acceptors (Lipinski definition) is 6. The molecule has 2 aromatic rings. The van der Waals surface area contributed by atoms with Gasteiger partial charge in [-0.1, -0.05) is 6.92 Å². The topological polar surface area (TPSA) is 84.0 Å². The zero-order chi connectivity index (χ0) is 14.6. The summed E-state index contributed by atoms with van der Waals surface area (Å²) in [4.78, 5) is 8.34. The number of thiazole rings is 1. The van der Waals surface area contributed by atoms with E-state index in [1.165, 1.54) is 29.7 Å². The third-order valence-electron chi connectivity index (χ3n) is 2.44. The van der Waals surface area contributed by atoms with Gasteiger partial charge in [-0.2, -0.15) is 0 Å². The number of sulfonamides is 1. The molecule has 0 fully saturated rings. The van der Waals surface area contributed by atoms with Gasteiger partial charge in [0, 0.05) is 24.2 Å².